The molecule has 0 fully saturated rings. The average Bonchev–Trinajstić information content (AvgIpc) is 3.29. The Morgan fingerprint density at radius 1 is 1.03 bits per heavy atom. The highest BCUT2D eigenvalue weighted by Gasteiger charge is 2.27. The molecule has 0 aromatic heterocycles. The Hall–Kier alpha value is -2.97. The normalized spacial score (nSPS) is 12.9. The summed E-state index contributed by atoms with van der Waals surface area (Å²) in [4.78, 5) is 16.3. The van der Waals surface area contributed by atoms with Gasteiger partial charge in [0.2, 0.25) is 5.91 Å². The quantitative estimate of drug-likeness (QED) is 0.322. The van der Waals surface area contributed by atoms with Crippen LogP contribution in [0.1, 0.15) is 17.5 Å². The van der Waals surface area contributed by atoms with E-state index in [1.54, 1.807) is 48.2 Å². The minimum atomic E-state index is -3.91. The van der Waals surface area contributed by atoms with E-state index in [1.807, 2.05) is 31.4 Å². The van der Waals surface area contributed by atoms with Crippen molar-refractivity contribution < 1.29 is 13.2 Å². The smallest absolute Gasteiger partial charge is 0.264 e. The summed E-state index contributed by atoms with van der Waals surface area (Å²) in [5.74, 6) is -0.322. The van der Waals surface area contributed by atoms with Crippen molar-refractivity contribution in [3.8, 4) is 0 Å². The number of hydrogen-bond donors (Lipinski definition) is 1. The number of nitrogens with zero attached hydrogens (tertiary/aromatic N) is 2. The maximum Gasteiger partial charge on any atom is 0.264 e. The number of hydrogen-bond acceptors (Lipinski definition) is 5. The molecule has 0 radical (unpaired) electrons. The fourth-order valence-corrected chi connectivity index (χ4v) is 6.05. The number of sulfonamides is 1. The first-order valence-electron chi connectivity index (χ1n) is 11.7. The van der Waals surface area contributed by atoms with Crippen molar-refractivity contribution in [1.82, 2.24) is 5.32 Å². The number of anilines is 2. The zero-order valence-electron chi connectivity index (χ0n) is 20.1. The van der Waals surface area contributed by atoms with Gasteiger partial charge >= 0.3 is 0 Å². The molecule has 6 nitrogen and oxygen atoms in total. The van der Waals surface area contributed by atoms with Gasteiger partial charge in [-0.3, -0.25) is 9.10 Å². The number of rotatable bonds is 10. The lowest BCUT2D eigenvalue weighted by atomic mass is 10.2. The van der Waals surface area contributed by atoms with Gasteiger partial charge in [-0.05, 0) is 74.0 Å². The van der Waals surface area contributed by atoms with Crippen molar-refractivity contribution in [2.75, 3.05) is 41.6 Å². The highest BCUT2D eigenvalue weighted by Crippen LogP contribution is 2.27. The molecule has 4 rings (SSSR count). The fourth-order valence-electron chi connectivity index (χ4n) is 4.22. The molecule has 0 saturated heterocycles. The molecular weight excluding hydrogens is 478 g/mol. The van der Waals surface area contributed by atoms with Crippen molar-refractivity contribution in [3.63, 3.8) is 0 Å². The summed E-state index contributed by atoms with van der Waals surface area (Å²) in [6.45, 7) is 3.99. The monoisotopic (exact) mass is 509 g/mol. The summed E-state index contributed by atoms with van der Waals surface area (Å²) < 4.78 is 28.2. The van der Waals surface area contributed by atoms with Gasteiger partial charge in [-0.25, -0.2) is 8.42 Å². The molecule has 1 aliphatic rings. The molecule has 1 amide bonds. The second-order valence-corrected chi connectivity index (χ2v) is 11.3. The van der Waals surface area contributed by atoms with Crippen LogP contribution in [0.4, 0.5) is 11.4 Å². The van der Waals surface area contributed by atoms with Crippen LogP contribution in [0.2, 0.25) is 0 Å². The van der Waals surface area contributed by atoms with Crippen LogP contribution in [0.15, 0.2) is 82.6 Å². The molecule has 184 valence electrons. The van der Waals surface area contributed by atoms with Gasteiger partial charge in [0.15, 0.2) is 0 Å². The van der Waals surface area contributed by atoms with Crippen LogP contribution in [0.5, 0.6) is 0 Å². The van der Waals surface area contributed by atoms with Gasteiger partial charge in [-0.15, -0.1) is 11.8 Å². The van der Waals surface area contributed by atoms with Crippen molar-refractivity contribution in [1.29, 1.82) is 0 Å². The van der Waals surface area contributed by atoms with Gasteiger partial charge in [0.05, 0.1) is 10.6 Å². The van der Waals surface area contributed by atoms with E-state index in [-0.39, 0.29) is 17.3 Å². The first-order valence-corrected chi connectivity index (χ1v) is 14.4. The molecule has 3 aromatic rings. The molecule has 3 aromatic carbocycles. The maximum absolute atomic E-state index is 13.5. The molecule has 35 heavy (non-hydrogen) atoms. The van der Waals surface area contributed by atoms with Gasteiger partial charge in [0.25, 0.3) is 10.0 Å². The molecule has 1 aliphatic heterocycles. The van der Waals surface area contributed by atoms with Crippen LogP contribution in [-0.4, -0.2) is 46.8 Å². The lowest BCUT2D eigenvalue weighted by Crippen LogP contribution is -2.41. The molecule has 8 heteroatoms. The van der Waals surface area contributed by atoms with Crippen LogP contribution in [0.3, 0.4) is 0 Å². The number of thioether (sulfide) groups is 1. The molecule has 0 spiro atoms. The molecular formula is C27H31N3O3S2. The van der Waals surface area contributed by atoms with E-state index >= 15 is 0 Å². The Morgan fingerprint density at radius 2 is 1.74 bits per heavy atom. The van der Waals surface area contributed by atoms with Gasteiger partial charge in [-0.2, -0.15) is 0 Å². The lowest BCUT2D eigenvalue weighted by Gasteiger charge is -2.24. The van der Waals surface area contributed by atoms with Gasteiger partial charge in [0.1, 0.15) is 6.54 Å². The van der Waals surface area contributed by atoms with Gasteiger partial charge < -0.3 is 10.2 Å². The van der Waals surface area contributed by atoms with Crippen molar-refractivity contribution in [2.45, 2.75) is 29.6 Å². The van der Waals surface area contributed by atoms with E-state index < -0.39 is 10.0 Å². The summed E-state index contributed by atoms with van der Waals surface area (Å²) >= 11 is 1.55. The van der Waals surface area contributed by atoms with Gasteiger partial charge in [0, 0.05) is 30.2 Å². The van der Waals surface area contributed by atoms with Crippen LogP contribution in [0.25, 0.3) is 0 Å². The molecule has 0 saturated carbocycles. The third-order valence-electron chi connectivity index (χ3n) is 6.17. The Balaban J connectivity index is 1.41. The standard InChI is InChI=1S/C27H31N3O3S2/c1-21-8-10-23(11-9-21)30(35(32,33)25-14-12-24(34-2)13-15-25)20-27(31)28-17-5-18-29-19-16-22-6-3-4-7-26(22)29/h3-4,6-15H,5,16-20H2,1-2H3,(H,28,31). The van der Waals surface area contributed by atoms with Gasteiger partial charge in [-0.1, -0.05) is 35.9 Å². The number of nitrogens with one attached hydrogen (secondary N) is 1. The van der Waals surface area contributed by atoms with E-state index in [2.05, 4.69) is 28.4 Å². The third-order valence-corrected chi connectivity index (χ3v) is 8.70. The number of aryl methyl sites for hydroxylation is 1. The zero-order chi connectivity index (χ0) is 24.8. The molecule has 0 atom stereocenters. The Labute approximate surface area is 212 Å². The summed E-state index contributed by atoms with van der Waals surface area (Å²) in [6, 6.07) is 22.3. The zero-order valence-corrected chi connectivity index (χ0v) is 21.7. The number of carbonyl (C=O) groups is 1. The first kappa shape index (κ1) is 25.1. The summed E-state index contributed by atoms with van der Waals surface area (Å²) in [5, 5.41) is 2.91. The number of benzene rings is 3. The number of para-hydroxylation sites is 1. The average molecular weight is 510 g/mol. The minimum Gasteiger partial charge on any atom is -0.371 e. The minimum absolute atomic E-state index is 0.163. The Morgan fingerprint density at radius 3 is 2.46 bits per heavy atom. The van der Waals surface area contributed by atoms with E-state index in [0.29, 0.717) is 12.2 Å². The maximum atomic E-state index is 13.5. The molecule has 1 heterocycles. The molecule has 0 aliphatic carbocycles. The van der Waals surface area contributed by atoms with Crippen molar-refractivity contribution in [3.05, 3.63) is 83.9 Å². The Bertz CT molecular complexity index is 1260. The van der Waals surface area contributed by atoms with Crippen molar-refractivity contribution >= 4 is 39.1 Å². The van der Waals surface area contributed by atoms with Crippen LogP contribution < -0.4 is 14.5 Å². The third kappa shape index (κ3) is 6.00. The predicted molar refractivity (Wildman–Crippen MR) is 144 cm³/mol. The summed E-state index contributed by atoms with van der Waals surface area (Å²) in [7, 11) is -3.91. The Kier molecular flexibility index (Phi) is 8.03. The number of fused-ring (bicyclic) bond motifs is 1. The van der Waals surface area contributed by atoms with E-state index in [4.69, 9.17) is 0 Å². The summed E-state index contributed by atoms with van der Waals surface area (Å²) in [5.41, 5.74) is 4.11. The highest BCUT2D eigenvalue weighted by molar-refractivity contribution is 7.98. The fraction of sp³-hybridized carbons (Fsp3) is 0.296. The SMILES string of the molecule is CSc1ccc(S(=O)(=O)N(CC(=O)NCCCN2CCc3ccccc32)c2ccc(C)cc2)cc1. The predicted octanol–water partition coefficient (Wildman–Crippen LogP) is 4.48. The van der Waals surface area contributed by atoms with E-state index in [1.165, 1.54) is 15.6 Å². The van der Waals surface area contributed by atoms with Crippen molar-refractivity contribution in [2.24, 2.45) is 0 Å². The van der Waals surface area contributed by atoms with E-state index in [0.717, 1.165) is 36.4 Å². The number of amides is 1. The highest BCUT2D eigenvalue weighted by atomic mass is 32.2. The van der Waals surface area contributed by atoms with Crippen LogP contribution in [-0.2, 0) is 21.2 Å². The second-order valence-electron chi connectivity index (χ2n) is 8.59. The topological polar surface area (TPSA) is 69.7 Å². The number of carbonyl (C=O) groups excluding carboxylic acids is 1. The lowest BCUT2D eigenvalue weighted by molar-refractivity contribution is -0.119. The first-order chi connectivity index (χ1) is 16.9. The largest absolute Gasteiger partial charge is 0.371 e. The summed E-state index contributed by atoms with van der Waals surface area (Å²) in [6.07, 6.45) is 3.77. The van der Waals surface area contributed by atoms with Crippen LogP contribution in [0, 0.1) is 6.92 Å². The second kappa shape index (κ2) is 11.2. The molecule has 1 N–H and O–H groups in total. The van der Waals surface area contributed by atoms with Crippen LogP contribution >= 0.6 is 11.8 Å². The molecule has 0 bridgehead atoms. The van der Waals surface area contributed by atoms with E-state index in [9.17, 15) is 13.2 Å². The molecule has 0 unspecified atom stereocenters.